The van der Waals surface area contributed by atoms with E-state index in [4.69, 9.17) is 4.74 Å². The molecule has 0 radical (unpaired) electrons. The molecular weight excluding hydrogens is 314 g/mol. The van der Waals surface area contributed by atoms with E-state index in [1.807, 2.05) is 36.0 Å². The highest BCUT2D eigenvalue weighted by Gasteiger charge is 2.31. The van der Waals surface area contributed by atoms with E-state index < -0.39 is 0 Å². The maximum atomic E-state index is 11.9. The van der Waals surface area contributed by atoms with Gasteiger partial charge in [-0.3, -0.25) is 0 Å². The lowest BCUT2D eigenvalue weighted by molar-refractivity contribution is -0.142. The molecule has 0 saturated carbocycles. The highest BCUT2D eigenvalue weighted by Crippen LogP contribution is 2.28. The summed E-state index contributed by atoms with van der Waals surface area (Å²) in [6, 6.07) is 7.59. The molecule has 0 aromatic heterocycles. The van der Waals surface area contributed by atoms with Gasteiger partial charge in [-0.1, -0.05) is 15.9 Å². The number of benzene rings is 1. The number of halogens is 1. The molecule has 1 aromatic carbocycles. The van der Waals surface area contributed by atoms with Crippen LogP contribution in [0.1, 0.15) is 6.42 Å². The van der Waals surface area contributed by atoms with Crippen molar-refractivity contribution < 1.29 is 9.53 Å². The first kappa shape index (κ1) is 13.7. The fraction of sp³-hybridized carbons (Fsp3) is 0.462. The predicted molar refractivity (Wildman–Crippen MR) is 79.0 cm³/mol. The van der Waals surface area contributed by atoms with Crippen LogP contribution < -0.4 is 5.32 Å². The summed E-state index contributed by atoms with van der Waals surface area (Å²) in [5.41, 5.74) is 0.950. The Morgan fingerprint density at radius 1 is 1.50 bits per heavy atom. The molecule has 2 rings (SSSR count). The van der Waals surface area contributed by atoms with Crippen molar-refractivity contribution in [3.05, 3.63) is 28.7 Å². The molecule has 5 heteroatoms. The number of hydrogen-bond acceptors (Lipinski definition) is 4. The van der Waals surface area contributed by atoms with Crippen LogP contribution in [-0.2, 0) is 9.53 Å². The average molecular weight is 330 g/mol. The molecule has 1 aromatic rings. The van der Waals surface area contributed by atoms with Gasteiger partial charge in [0.1, 0.15) is 6.04 Å². The Bertz CT molecular complexity index is 404. The summed E-state index contributed by atoms with van der Waals surface area (Å²) in [7, 11) is 1.45. The fourth-order valence-corrected chi connectivity index (χ4v) is 3.60. The van der Waals surface area contributed by atoms with Crippen LogP contribution in [0, 0.1) is 5.92 Å². The van der Waals surface area contributed by atoms with Gasteiger partial charge in [0, 0.05) is 10.2 Å². The molecule has 0 amide bonds. The minimum absolute atomic E-state index is 0.176. The van der Waals surface area contributed by atoms with Gasteiger partial charge in [0.15, 0.2) is 0 Å². The van der Waals surface area contributed by atoms with Crippen molar-refractivity contribution in [3.8, 4) is 0 Å². The van der Waals surface area contributed by atoms with Crippen molar-refractivity contribution in [1.82, 2.24) is 0 Å². The zero-order chi connectivity index (χ0) is 13.0. The van der Waals surface area contributed by atoms with E-state index in [2.05, 4.69) is 21.2 Å². The van der Waals surface area contributed by atoms with Crippen molar-refractivity contribution in [2.24, 2.45) is 5.92 Å². The molecule has 0 spiro atoms. The standard InChI is InChI=1S/C13H16BrNO2S/c1-17-13(16)12(9-6-7-18-8-9)15-11-4-2-10(14)3-5-11/h2-5,9,12,15H,6-8H2,1H3. The van der Waals surface area contributed by atoms with Crippen LogP contribution in [0.3, 0.4) is 0 Å². The summed E-state index contributed by atoms with van der Waals surface area (Å²) in [6.07, 6.45) is 1.06. The highest BCUT2D eigenvalue weighted by molar-refractivity contribution is 9.10. The number of nitrogens with one attached hydrogen (secondary N) is 1. The second-order valence-electron chi connectivity index (χ2n) is 4.28. The maximum Gasteiger partial charge on any atom is 0.328 e. The molecule has 98 valence electrons. The SMILES string of the molecule is COC(=O)C(Nc1ccc(Br)cc1)C1CCSC1. The topological polar surface area (TPSA) is 38.3 Å². The molecule has 2 atom stereocenters. The number of ether oxygens (including phenoxy) is 1. The first-order valence-corrected chi connectivity index (χ1v) is 7.83. The number of hydrogen-bond donors (Lipinski definition) is 1. The van der Waals surface area contributed by atoms with Crippen molar-refractivity contribution in [3.63, 3.8) is 0 Å². The molecule has 0 bridgehead atoms. The molecule has 1 heterocycles. The van der Waals surface area contributed by atoms with E-state index in [9.17, 15) is 4.79 Å². The van der Waals surface area contributed by atoms with E-state index in [1.54, 1.807) is 0 Å². The van der Waals surface area contributed by atoms with Gasteiger partial charge in [0.25, 0.3) is 0 Å². The van der Waals surface area contributed by atoms with E-state index in [-0.39, 0.29) is 12.0 Å². The van der Waals surface area contributed by atoms with Crippen LogP contribution in [0.25, 0.3) is 0 Å². The Labute approximate surface area is 120 Å². The second kappa shape index (κ2) is 6.48. The van der Waals surface area contributed by atoms with Crippen molar-refractivity contribution in [1.29, 1.82) is 0 Å². The number of anilines is 1. The molecule has 3 nitrogen and oxygen atoms in total. The van der Waals surface area contributed by atoms with Gasteiger partial charge in [0.2, 0.25) is 0 Å². The van der Waals surface area contributed by atoms with Crippen LogP contribution in [0.15, 0.2) is 28.7 Å². The number of rotatable bonds is 4. The summed E-state index contributed by atoms with van der Waals surface area (Å²) in [6.45, 7) is 0. The Hall–Kier alpha value is -0.680. The van der Waals surface area contributed by atoms with Gasteiger partial charge >= 0.3 is 5.97 Å². The first-order chi connectivity index (χ1) is 8.70. The number of esters is 1. The molecule has 1 aliphatic heterocycles. The van der Waals surface area contributed by atoms with E-state index in [0.29, 0.717) is 5.92 Å². The van der Waals surface area contributed by atoms with Crippen LogP contribution >= 0.6 is 27.7 Å². The predicted octanol–water partition coefficient (Wildman–Crippen LogP) is 3.16. The molecule has 18 heavy (non-hydrogen) atoms. The zero-order valence-electron chi connectivity index (χ0n) is 10.2. The number of methoxy groups -OCH3 is 1. The number of carbonyl (C=O) groups is 1. The van der Waals surface area contributed by atoms with Crippen LogP contribution in [0.5, 0.6) is 0 Å². The highest BCUT2D eigenvalue weighted by atomic mass is 79.9. The molecule has 0 aliphatic carbocycles. The maximum absolute atomic E-state index is 11.9. The second-order valence-corrected chi connectivity index (χ2v) is 6.34. The molecule has 1 aliphatic rings. The van der Waals surface area contributed by atoms with E-state index in [1.165, 1.54) is 7.11 Å². The van der Waals surface area contributed by atoms with E-state index in [0.717, 1.165) is 28.1 Å². The zero-order valence-corrected chi connectivity index (χ0v) is 12.6. The third-order valence-electron chi connectivity index (χ3n) is 3.06. The fourth-order valence-electron chi connectivity index (χ4n) is 2.04. The normalized spacial score (nSPS) is 20.4. The smallest absolute Gasteiger partial charge is 0.328 e. The molecule has 2 unspecified atom stereocenters. The minimum Gasteiger partial charge on any atom is -0.467 e. The van der Waals surface area contributed by atoms with Crippen molar-refractivity contribution >= 4 is 39.3 Å². The Balaban J connectivity index is 2.09. The quantitative estimate of drug-likeness (QED) is 0.861. The minimum atomic E-state index is -0.244. The van der Waals surface area contributed by atoms with Gasteiger partial charge in [-0.25, -0.2) is 4.79 Å². The largest absolute Gasteiger partial charge is 0.467 e. The van der Waals surface area contributed by atoms with Gasteiger partial charge in [-0.2, -0.15) is 11.8 Å². The van der Waals surface area contributed by atoms with Crippen molar-refractivity contribution in [2.45, 2.75) is 12.5 Å². The summed E-state index contributed by atoms with van der Waals surface area (Å²) in [4.78, 5) is 11.9. The van der Waals surface area contributed by atoms with Gasteiger partial charge < -0.3 is 10.1 Å². The summed E-state index contributed by atoms with van der Waals surface area (Å²) in [5, 5.41) is 3.29. The monoisotopic (exact) mass is 329 g/mol. The Kier molecular flexibility index (Phi) is 4.95. The lowest BCUT2D eigenvalue weighted by Gasteiger charge is -2.22. The average Bonchev–Trinajstić information content (AvgIpc) is 2.91. The molecule has 1 N–H and O–H groups in total. The summed E-state index contributed by atoms with van der Waals surface area (Å²) < 4.78 is 5.93. The van der Waals surface area contributed by atoms with Crippen LogP contribution in [-0.4, -0.2) is 30.6 Å². The molecule has 1 saturated heterocycles. The number of carbonyl (C=O) groups excluding carboxylic acids is 1. The lowest BCUT2D eigenvalue weighted by atomic mass is 9.99. The molecular formula is C13H16BrNO2S. The molecule has 1 fully saturated rings. The van der Waals surface area contributed by atoms with Crippen LogP contribution in [0.2, 0.25) is 0 Å². The Morgan fingerprint density at radius 3 is 2.78 bits per heavy atom. The van der Waals surface area contributed by atoms with Crippen molar-refractivity contribution in [2.75, 3.05) is 23.9 Å². The first-order valence-electron chi connectivity index (χ1n) is 5.88. The van der Waals surface area contributed by atoms with Crippen LogP contribution in [0.4, 0.5) is 5.69 Å². The summed E-state index contributed by atoms with van der Waals surface area (Å²) in [5.74, 6) is 2.32. The van der Waals surface area contributed by atoms with Gasteiger partial charge in [-0.15, -0.1) is 0 Å². The summed E-state index contributed by atoms with van der Waals surface area (Å²) >= 11 is 5.29. The lowest BCUT2D eigenvalue weighted by Crippen LogP contribution is -2.38. The third kappa shape index (κ3) is 3.42. The van der Waals surface area contributed by atoms with Gasteiger partial charge in [0.05, 0.1) is 7.11 Å². The van der Waals surface area contributed by atoms with Gasteiger partial charge in [-0.05, 0) is 48.1 Å². The number of thioether (sulfide) groups is 1. The van der Waals surface area contributed by atoms with E-state index >= 15 is 0 Å². The Morgan fingerprint density at radius 2 is 2.22 bits per heavy atom. The third-order valence-corrected chi connectivity index (χ3v) is 4.77.